The summed E-state index contributed by atoms with van der Waals surface area (Å²) >= 11 is 0. The van der Waals surface area contributed by atoms with Crippen molar-refractivity contribution in [3.05, 3.63) is 0 Å². The van der Waals surface area contributed by atoms with Crippen molar-refractivity contribution in [2.75, 3.05) is 33.4 Å². The van der Waals surface area contributed by atoms with Crippen molar-refractivity contribution >= 4 is 17.9 Å². The molecule has 0 atom stereocenters. The van der Waals surface area contributed by atoms with Crippen LogP contribution in [0.25, 0.3) is 0 Å². The van der Waals surface area contributed by atoms with Gasteiger partial charge in [-0.05, 0) is 26.8 Å². The van der Waals surface area contributed by atoms with Crippen molar-refractivity contribution in [3.63, 3.8) is 0 Å². The fourth-order valence-corrected chi connectivity index (χ4v) is 1.61. The van der Waals surface area contributed by atoms with Gasteiger partial charge in [0, 0.05) is 26.1 Å². The number of carbonyl (C=O) groups is 3. The first-order chi connectivity index (χ1) is 9.86. The fourth-order valence-electron chi connectivity index (χ4n) is 1.61. The molecule has 0 bridgehead atoms. The van der Waals surface area contributed by atoms with Crippen LogP contribution >= 0.6 is 0 Å². The molecule has 0 aliphatic carbocycles. The van der Waals surface area contributed by atoms with Gasteiger partial charge in [0.2, 0.25) is 5.91 Å². The third-order valence-electron chi connectivity index (χ3n) is 2.76. The number of hydrogen-bond donors (Lipinski definition) is 3. The Kier molecular flexibility index (Phi) is 10.2. The first kappa shape index (κ1) is 19.3. The summed E-state index contributed by atoms with van der Waals surface area (Å²) in [6.45, 7) is 5.05. The van der Waals surface area contributed by atoms with E-state index < -0.39 is 17.9 Å². The summed E-state index contributed by atoms with van der Waals surface area (Å²) in [5, 5.41) is 13.3. The van der Waals surface area contributed by atoms with Crippen molar-refractivity contribution in [1.29, 1.82) is 0 Å². The summed E-state index contributed by atoms with van der Waals surface area (Å²) in [5.41, 5.74) is 0. The number of hydrogen-bond acceptors (Lipinski definition) is 5. The van der Waals surface area contributed by atoms with Crippen LogP contribution in [0.5, 0.6) is 0 Å². The lowest BCUT2D eigenvalue weighted by Gasteiger charge is -2.25. The van der Waals surface area contributed by atoms with Gasteiger partial charge in [-0.1, -0.05) is 0 Å². The molecule has 0 heterocycles. The monoisotopic (exact) mass is 303 g/mol. The highest BCUT2D eigenvalue weighted by molar-refractivity contribution is 5.95. The zero-order valence-electron chi connectivity index (χ0n) is 12.8. The van der Waals surface area contributed by atoms with Crippen LogP contribution in [-0.2, 0) is 14.3 Å². The first-order valence-corrected chi connectivity index (χ1v) is 6.89. The molecule has 0 aromatic rings. The van der Waals surface area contributed by atoms with Crippen LogP contribution in [-0.4, -0.2) is 67.3 Å². The van der Waals surface area contributed by atoms with Gasteiger partial charge in [-0.15, -0.1) is 0 Å². The molecule has 0 rings (SSSR count). The van der Waals surface area contributed by atoms with Gasteiger partial charge < -0.3 is 15.2 Å². The lowest BCUT2D eigenvalue weighted by atomic mass is 10.2. The minimum atomic E-state index is -0.860. The fraction of sp³-hybridized carbons (Fsp3) is 0.769. The molecule has 0 saturated heterocycles. The van der Waals surface area contributed by atoms with Crippen LogP contribution in [0.15, 0.2) is 0 Å². The van der Waals surface area contributed by atoms with Gasteiger partial charge in [0.15, 0.2) is 0 Å². The summed E-state index contributed by atoms with van der Waals surface area (Å²) in [5.74, 6) is -1.28. The summed E-state index contributed by atoms with van der Waals surface area (Å²) < 4.78 is 4.77. The molecule has 0 aromatic heterocycles. The minimum Gasteiger partial charge on any atom is -0.481 e. The number of amides is 3. The third kappa shape index (κ3) is 10.7. The Balaban J connectivity index is 4.10. The quantitative estimate of drug-likeness (QED) is 0.492. The summed E-state index contributed by atoms with van der Waals surface area (Å²) in [6, 6.07) is -0.479. The number of carbonyl (C=O) groups excluding carboxylic acids is 2. The van der Waals surface area contributed by atoms with Crippen LogP contribution in [0.2, 0.25) is 0 Å². The zero-order valence-corrected chi connectivity index (χ0v) is 12.8. The van der Waals surface area contributed by atoms with E-state index in [1.54, 1.807) is 0 Å². The second-order valence-electron chi connectivity index (χ2n) is 4.86. The van der Waals surface area contributed by atoms with E-state index >= 15 is 0 Å². The van der Waals surface area contributed by atoms with E-state index in [1.165, 1.54) is 7.11 Å². The Bertz CT molecular complexity index is 347. The van der Waals surface area contributed by atoms with Crippen LogP contribution in [0.4, 0.5) is 4.79 Å². The molecule has 3 N–H and O–H groups in total. The van der Waals surface area contributed by atoms with Crippen LogP contribution in [0.3, 0.4) is 0 Å². The normalized spacial score (nSPS) is 10.7. The molecule has 0 fully saturated rings. The van der Waals surface area contributed by atoms with Crippen molar-refractivity contribution in [2.45, 2.75) is 32.7 Å². The molecular formula is C13H25N3O5. The van der Waals surface area contributed by atoms with E-state index in [0.29, 0.717) is 26.1 Å². The highest BCUT2D eigenvalue weighted by Crippen LogP contribution is 2.01. The van der Waals surface area contributed by atoms with Gasteiger partial charge >= 0.3 is 12.0 Å². The summed E-state index contributed by atoms with van der Waals surface area (Å²) in [6.07, 6.45) is 0.517. The standard InChI is InChI=1S/C13H25N3O5/c1-10(2)16(7-4-5-12(18)19)9-11(17)15-13(20)14-6-8-21-3/h10H,4-9H2,1-3H3,(H,18,19)(H2,14,15,17,20). The minimum absolute atomic E-state index is 0.0506. The Labute approximate surface area is 124 Å². The number of methoxy groups -OCH3 is 1. The molecule has 0 aromatic carbocycles. The number of carboxylic acids is 1. The maximum atomic E-state index is 11.7. The molecule has 0 unspecified atom stereocenters. The van der Waals surface area contributed by atoms with E-state index in [4.69, 9.17) is 9.84 Å². The third-order valence-corrected chi connectivity index (χ3v) is 2.76. The number of rotatable bonds is 10. The first-order valence-electron chi connectivity index (χ1n) is 6.89. The number of ether oxygens (including phenoxy) is 1. The predicted octanol–water partition coefficient (Wildman–Crippen LogP) is 0.0338. The van der Waals surface area contributed by atoms with Gasteiger partial charge in [0.05, 0.1) is 13.2 Å². The highest BCUT2D eigenvalue weighted by Gasteiger charge is 2.16. The largest absolute Gasteiger partial charge is 0.481 e. The van der Waals surface area contributed by atoms with Crippen molar-refractivity contribution in [3.8, 4) is 0 Å². The number of nitrogens with one attached hydrogen (secondary N) is 2. The van der Waals surface area contributed by atoms with E-state index in [1.807, 2.05) is 18.7 Å². The average Bonchev–Trinajstić information content (AvgIpc) is 2.37. The average molecular weight is 303 g/mol. The van der Waals surface area contributed by atoms with E-state index in [9.17, 15) is 14.4 Å². The maximum Gasteiger partial charge on any atom is 0.321 e. The molecule has 0 aliphatic heterocycles. The van der Waals surface area contributed by atoms with Crippen LogP contribution in [0, 0.1) is 0 Å². The Morgan fingerprint density at radius 3 is 2.48 bits per heavy atom. The zero-order chi connectivity index (χ0) is 16.3. The van der Waals surface area contributed by atoms with Crippen LogP contribution in [0.1, 0.15) is 26.7 Å². The Morgan fingerprint density at radius 1 is 1.29 bits per heavy atom. The SMILES string of the molecule is COCCNC(=O)NC(=O)CN(CCCC(=O)O)C(C)C. The number of aliphatic carboxylic acids is 1. The Hall–Kier alpha value is -1.67. The molecule has 8 nitrogen and oxygen atoms in total. The summed E-state index contributed by atoms with van der Waals surface area (Å²) in [7, 11) is 1.52. The number of nitrogens with zero attached hydrogens (tertiary/aromatic N) is 1. The molecule has 21 heavy (non-hydrogen) atoms. The topological polar surface area (TPSA) is 108 Å². The van der Waals surface area contributed by atoms with Gasteiger partial charge in [-0.25, -0.2) is 4.79 Å². The lowest BCUT2D eigenvalue weighted by molar-refractivity contribution is -0.137. The van der Waals surface area contributed by atoms with E-state index in [2.05, 4.69) is 10.6 Å². The maximum absolute atomic E-state index is 11.7. The molecule has 0 saturated carbocycles. The van der Waals surface area contributed by atoms with Crippen molar-refractivity contribution in [2.24, 2.45) is 0 Å². The van der Waals surface area contributed by atoms with Gasteiger partial charge in [0.1, 0.15) is 0 Å². The van der Waals surface area contributed by atoms with Gasteiger partial charge in [-0.2, -0.15) is 0 Å². The molecular weight excluding hydrogens is 278 g/mol. The molecule has 0 spiro atoms. The molecule has 0 aliphatic rings. The van der Waals surface area contributed by atoms with Crippen molar-refractivity contribution in [1.82, 2.24) is 15.5 Å². The molecule has 8 heteroatoms. The predicted molar refractivity (Wildman–Crippen MR) is 77.0 cm³/mol. The van der Waals surface area contributed by atoms with E-state index in [-0.39, 0.29) is 19.0 Å². The molecule has 0 radical (unpaired) electrons. The summed E-state index contributed by atoms with van der Waals surface area (Å²) in [4.78, 5) is 35.4. The Morgan fingerprint density at radius 2 is 1.95 bits per heavy atom. The smallest absolute Gasteiger partial charge is 0.321 e. The van der Waals surface area contributed by atoms with Gasteiger partial charge in [0.25, 0.3) is 0 Å². The van der Waals surface area contributed by atoms with Crippen molar-refractivity contribution < 1.29 is 24.2 Å². The lowest BCUT2D eigenvalue weighted by Crippen LogP contribution is -2.46. The van der Waals surface area contributed by atoms with E-state index in [0.717, 1.165) is 0 Å². The second-order valence-corrected chi connectivity index (χ2v) is 4.86. The number of carboxylic acid groups (broad SMARTS) is 1. The number of urea groups is 1. The number of imide groups is 1. The molecule has 3 amide bonds. The van der Waals surface area contributed by atoms with Crippen LogP contribution < -0.4 is 10.6 Å². The molecule has 122 valence electrons. The highest BCUT2D eigenvalue weighted by atomic mass is 16.5. The van der Waals surface area contributed by atoms with Gasteiger partial charge in [-0.3, -0.25) is 19.8 Å². The second kappa shape index (κ2) is 11.0.